The molecule has 0 fully saturated rings. The normalized spacial score (nSPS) is 12.5. The van der Waals surface area contributed by atoms with Crippen LogP contribution in [0, 0.1) is 5.92 Å². The minimum Gasteiger partial charge on any atom is -0.361 e. The maximum atomic E-state index is 6.19. The van der Waals surface area contributed by atoms with Crippen molar-refractivity contribution in [2.45, 2.75) is 19.9 Å². The lowest BCUT2D eigenvalue weighted by atomic mass is 10.0. The number of thiophene rings is 1. The summed E-state index contributed by atoms with van der Waals surface area (Å²) in [6.07, 6.45) is 0. The van der Waals surface area contributed by atoms with Crippen molar-refractivity contribution >= 4 is 46.2 Å². The minimum absolute atomic E-state index is 0.131. The van der Waals surface area contributed by atoms with E-state index in [0.29, 0.717) is 27.6 Å². The first-order valence-electron chi connectivity index (χ1n) is 6.15. The average molecular weight is 331 g/mol. The van der Waals surface area contributed by atoms with Crippen LogP contribution in [0.3, 0.4) is 0 Å². The van der Waals surface area contributed by atoms with E-state index in [-0.39, 0.29) is 6.04 Å². The van der Waals surface area contributed by atoms with Crippen LogP contribution in [0.4, 0.5) is 11.6 Å². The summed E-state index contributed by atoms with van der Waals surface area (Å²) in [5.74, 6) is 6.74. The highest BCUT2D eigenvalue weighted by Gasteiger charge is 2.19. The molecule has 0 aliphatic heterocycles. The molecule has 2 aromatic heterocycles. The molecule has 1 unspecified atom stereocenters. The molecule has 0 aromatic carbocycles. The molecule has 1 atom stereocenters. The number of nitrogens with zero attached hydrogens (tertiary/aromatic N) is 1. The lowest BCUT2D eigenvalue weighted by molar-refractivity contribution is 0.552. The molecule has 0 amide bonds. The molecule has 4 nitrogen and oxygen atoms in total. The summed E-state index contributed by atoms with van der Waals surface area (Å²) >= 11 is 13.9. The van der Waals surface area contributed by atoms with Gasteiger partial charge in [0.05, 0.1) is 16.1 Å². The van der Waals surface area contributed by atoms with Crippen LogP contribution in [0.5, 0.6) is 0 Å². The van der Waals surface area contributed by atoms with E-state index in [4.69, 9.17) is 29.0 Å². The van der Waals surface area contributed by atoms with Gasteiger partial charge in [0.15, 0.2) is 5.82 Å². The molecule has 0 spiro atoms. The number of nitrogens with one attached hydrogen (secondary N) is 2. The third-order valence-electron chi connectivity index (χ3n) is 2.87. The van der Waals surface area contributed by atoms with E-state index in [0.717, 1.165) is 0 Å². The maximum Gasteiger partial charge on any atom is 0.161 e. The van der Waals surface area contributed by atoms with E-state index in [1.165, 1.54) is 4.88 Å². The second kappa shape index (κ2) is 6.63. The topological polar surface area (TPSA) is 63.0 Å². The lowest BCUT2D eigenvalue weighted by Gasteiger charge is -2.23. The summed E-state index contributed by atoms with van der Waals surface area (Å²) in [6.45, 7) is 4.28. The van der Waals surface area contributed by atoms with Crippen molar-refractivity contribution in [2.75, 3.05) is 10.7 Å². The van der Waals surface area contributed by atoms with Crippen LogP contribution in [-0.4, -0.2) is 4.98 Å². The smallest absolute Gasteiger partial charge is 0.161 e. The standard InChI is InChI=1S/C13H16Cl2N4S/c1-7(2)11(10-4-3-5-20-10)17-12-8(14)6-9(15)13(18-12)19-16/h3-7,11H,16H2,1-2H3,(H2,17,18,19). The lowest BCUT2D eigenvalue weighted by Crippen LogP contribution is -2.18. The van der Waals surface area contributed by atoms with E-state index in [1.54, 1.807) is 17.4 Å². The fraction of sp³-hybridized carbons (Fsp3) is 0.308. The molecule has 0 aliphatic carbocycles. The molecule has 108 valence electrons. The van der Waals surface area contributed by atoms with Crippen LogP contribution in [-0.2, 0) is 0 Å². The van der Waals surface area contributed by atoms with Gasteiger partial charge in [0, 0.05) is 4.88 Å². The Hall–Kier alpha value is -1.01. The van der Waals surface area contributed by atoms with Gasteiger partial charge in [-0.25, -0.2) is 10.8 Å². The zero-order chi connectivity index (χ0) is 14.7. The van der Waals surface area contributed by atoms with Crippen molar-refractivity contribution in [3.63, 3.8) is 0 Å². The Morgan fingerprint density at radius 3 is 2.50 bits per heavy atom. The molecule has 2 aromatic rings. The Bertz CT molecular complexity index is 572. The van der Waals surface area contributed by atoms with Crippen molar-refractivity contribution in [1.29, 1.82) is 0 Å². The van der Waals surface area contributed by atoms with Crippen molar-refractivity contribution in [3.8, 4) is 0 Å². The highest BCUT2D eigenvalue weighted by molar-refractivity contribution is 7.10. The van der Waals surface area contributed by atoms with Crippen LogP contribution in [0.1, 0.15) is 24.8 Å². The summed E-state index contributed by atoms with van der Waals surface area (Å²) in [5.41, 5.74) is 2.46. The molecular formula is C13H16Cl2N4S. The number of anilines is 2. The number of pyridine rings is 1. The Labute approximate surface area is 132 Å². The second-order valence-corrected chi connectivity index (χ2v) is 6.47. The van der Waals surface area contributed by atoms with Crippen LogP contribution in [0.15, 0.2) is 23.6 Å². The van der Waals surface area contributed by atoms with Gasteiger partial charge < -0.3 is 10.7 Å². The zero-order valence-corrected chi connectivity index (χ0v) is 13.5. The van der Waals surface area contributed by atoms with E-state index in [9.17, 15) is 0 Å². The highest BCUT2D eigenvalue weighted by atomic mass is 35.5. The fourth-order valence-corrected chi connectivity index (χ4v) is 3.27. The van der Waals surface area contributed by atoms with Gasteiger partial charge in [0.2, 0.25) is 0 Å². The summed E-state index contributed by atoms with van der Waals surface area (Å²) in [5, 5.41) is 6.27. The molecule has 0 saturated carbocycles. The molecular weight excluding hydrogens is 315 g/mol. The molecule has 7 heteroatoms. The number of rotatable bonds is 5. The molecule has 0 bridgehead atoms. The molecule has 4 N–H and O–H groups in total. The van der Waals surface area contributed by atoms with Crippen molar-refractivity contribution in [3.05, 3.63) is 38.5 Å². The van der Waals surface area contributed by atoms with E-state index >= 15 is 0 Å². The van der Waals surface area contributed by atoms with E-state index in [2.05, 4.69) is 41.0 Å². The van der Waals surface area contributed by atoms with Gasteiger partial charge in [0.25, 0.3) is 0 Å². The number of hydrogen-bond donors (Lipinski definition) is 3. The number of nitrogen functional groups attached to an aromatic ring is 1. The average Bonchev–Trinajstić information content (AvgIpc) is 2.91. The van der Waals surface area contributed by atoms with Gasteiger partial charge in [-0.2, -0.15) is 0 Å². The first-order chi connectivity index (χ1) is 9.52. The molecule has 20 heavy (non-hydrogen) atoms. The third kappa shape index (κ3) is 3.35. The SMILES string of the molecule is CC(C)C(Nc1nc(NN)c(Cl)cc1Cl)c1cccs1. The van der Waals surface area contributed by atoms with E-state index in [1.807, 2.05) is 6.07 Å². The number of aromatic nitrogens is 1. The Morgan fingerprint density at radius 2 is 1.95 bits per heavy atom. The van der Waals surface area contributed by atoms with Crippen LogP contribution < -0.4 is 16.6 Å². The Morgan fingerprint density at radius 1 is 1.25 bits per heavy atom. The quantitative estimate of drug-likeness (QED) is 0.556. The molecule has 0 aliphatic rings. The predicted molar refractivity (Wildman–Crippen MR) is 87.6 cm³/mol. The van der Waals surface area contributed by atoms with Crippen molar-refractivity contribution in [2.24, 2.45) is 11.8 Å². The van der Waals surface area contributed by atoms with Crippen molar-refractivity contribution in [1.82, 2.24) is 4.98 Å². The molecule has 2 heterocycles. The third-order valence-corrected chi connectivity index (χ3v) is 4.41. The summed E-state index contributed by atoms with van der Waals surface area (Å²) < 4.78 is 0. The Balaban J connectivity index is 2.32. The highest BCUT2D eigenvalue weighted by Crippen LogP contribution is 2.34. The fourth-order valence-electron chi connectivity index (χ4n) is 1.85. The summed E-state index contributed by atoms with van der Waals surface area (Å²) in [6, 6.07) is 5.88. The largest absolute Gasteiger partial charge is 0.361 e. The van der Waals surface area contributed by atoms with Crippen LogP contribution in [0.2, 0.25) is 10.0 Å². The second-order valence-electron chi connectivity index (χ2n) is 4.68. The van der Waals surface area contributed by atoms with Crippen LogP contribution >= 0.6 is 34.5 Å². The van der Waals surface area contributed by atoms with Crippen molar-refractivity contribution < 1.29 is 0 Å². The van der Waals surface area contributed by atoms with Gasteiger partial charge in [0.1, 0.15) is 5.82 Å². The van der Waals surface area contributed by atoms with Gasteiger partial charge in [-0.3, -0.25) is 0 Å². The van der Waals surface area contributed by atoms with Crippen LogP contribution in [0.25, 0.3) is 0 Å². The molecule has 2 rings (SSSR count). The summed E-state index contributed by atoms with van der Waals surface area (Å²) in [7, 11) is 0. The predicted octanol–water partition coefficient (Wildman–Crippen LogP) is 4.54. The monoisotopic (exact) mass is 330 g/mol. The van der Waals surface area contributed by atoms with Gasteiger partial charge >= 0.3 is 0 Å². The number of halogens is 2. The van der Waals surface area contributed by atoms with E-state index < -0.39 is 0 Å². The Kier molecular flexibility index (Phi) is 5.10. The first kappa shape index (κ1) is 15.4. The maximum absolute atomic E-state index is 6.19. The number of nitrogens with two attached hydrogens (primary N) is 1. The number of hydrazine groups is 1. The van der Waals surface area contributed by atoms with Gasteiger partial charge in [-0.05, 0) is 23.4 Å². The first-order valence-corrected chi connectivity index (χ1v) is 7.79. The zero-order valence-electron chi connectivity index (χ0n) is 11.2. The molecule has 0 radical (unpaired) electrons. The minimum atomic E-state index is 0.131. The van der Waals surface area contributed by atoms with Gasteiger partial charge in [-0.15, -0.1) is 11.3 Å². The number of hydrogen-bond acceptors (Lipinski definition) is 5. The van der Waals surface area contributed by atoms with Gasteiger partial charge in [-0.1, -0.05) is 43.1 Å². The molecule has 0 saturated heterocycles. The summed E-state index contributed by atoms with van der Waals surface area (Å²) in [4.78, 5) is 5.55.